The van der Waals surface area contributed by atoms with Gasteiger partial charge in [0.25, 0.3) is 0 Å². The Balaban J connectivity index is 1.48. The summed E-state index contributed by atoms with van der Waals surface area (Å²) < 4.78 is 38.7. The molecule has 2 aromatic rings. The molecule has 32 heavy (non-hydrogen) atoms. The van der Waals surface area contributed by atoms with Crippen LogP contribution in [0.4, 0.5) is 5.69 Å². The molecule has 0 amide bonds. The largest absolute Gasteiger partial charge is 0.369 e. The van der Waals surface area contributed by atoms with Crippen LogP contribution in [0.15, 0.2) is 58.3 Å². The van der Waals surface area contributed by atoms with Gasteiger partial charge >= 0.3 is 0 Å². The quantitative estimate of drug-likeness (QED) is 0.418. The van der Waals surface area contributed by atoms with E-state index in [1.165, 1.54) is 31.1 Å². The van der Waals surface area contributed by atoms with Gasteiger partial charge in [-0.2, -0.15) is 0 Å². The van der Waals surface area contributed by atoms with E-state index in [1.54, 1.807) is 6.07 Å². The Hall–Kier alpha value is -2.07. The zero-order valence-corrected chi connectivity index (χ0v) is 20.3. The molecule has 1 N–H and O–H groups in total. The van der Waals surface area contributed by atoms with Gasteiger partial charge in [0.05, 0.1) is 20.6 Å². The Morgan fingerprint density at radius 1 is 1.03 bits per heavy atom. The third-order valence-corrected chi connectivity index (χ3v) is 8.31. The molecule has 1 saturated heterocycles. The van der Waals surface area contributed by atoms with E-state index < -0.39 is 20.8 Å². The lowest BCUT2D eigenvalue weighted by atomic mass is 10.1. The Kier molecular flexibility index (Phi) is 8.58. The van der Waals surface area contributed by atoms with Crippen LogP contribution in [0.2, 0.25) is 0 Å². The first-order chi connectivity index (χ1) is 15.3. The summed E-state index contributed by atoms with van der Waals surface area (Å²) in [6, 6.07) is 14.8. The van der Waals surface area contributed by atoms with E-state index in [-0.39, 0.29) is 15.6 Å². The number of unbranched alkanes of at least 4 members (excludes halogenated alkanes) is 1. The van der Waals surface area contributed by atoms with Crippen LogP contribution >= 0.6 is 0 Å². The van der Waals surface area contributed by atoms with E-state index in [2.05, 4.69) is 38.8 Å². The minimum absolute atomic E-state index is 0.0945. The van der Waals surface area contributed by atoms with E-state index in [4.69, 9.17) is 0 Å². The number of nitrogens with one attached hydrogen (secondary N) is 1. The van der Waals surface area contributed by atoms with Crippen molar-refractivity contribution in [3.8, 4) is 0 Å². The van der Waals surface area contributed by atoms with Crippen molar-refractivity contribution in [2.45, 2.75) is 29.1 Å². The summed E-state index contributed by atoms with van der Waals surface area (Å²) >= 11 is 0. The molecule has 2 aromatic carbocycles. The lowest BCUT2D eigenvalue weighted by Crippen LogP contribution is -2.46. The number of rotatable bonds is 10. The number of hydrogen-bond acceptors (Lipinski definition) is 6. The van der Waals surface area contributed by atoms with Gasteiger partial charge in [0.15, 0.2) is 5.78 Å². The number of carbonyl (C=O) groups is 1. The van der Waals surface area contributed by atoms with Crippen LogP contribution in [0, 0.1) is 0 Å². The lowest BCUT2D eigenvalue weighted by molar-refractivity contribution is 0.0977. The van der Waals surface area contributed by atoms with Gasteiger partial charge in [-0.1, -0.05) is 24.3 Å². The van der Waals surface area contributed by atoms with E-state index in [9.17, 15) is 17.4 Å². The number of sulfonamides is 1. The minimum Gasteiger partial charge on any atom is -0.369 e. The predicted molar refractivity (Wildman–Crippen MR) is 128 cm³/mol. The summed E-state index contributed by atoms with van der Waals surface area (Å²) in [7, 11) is -3.98. The number of benzene rings is 2. The van der Waals surface area contributed by atoms with Crippen LogP contribution in [0.1, 0.15) is 29.6 Å². The zero-order valence-electron chi connectivity index (χ0n) is 18.6. The molecule has 0 saturated carbocycles. The summed E-state index contributed by atoms with van der Waals surface area (Å²) in [5.41, 5.74) is 1.60. The molecule has 3 rings (SSSR count). The molecule has 174 valence electrons. The maximum absolute atomic E-state index is 12.6. The van der Waals surface area contributed by atoms with Crippen molar-refractivity contribution in [3.63, 3.8) is 0 Å². The molecule has 1 atom stereocenters. The van der Waals surface area contributed by atoms with Crippen LogP contribution in [-0.4, -0.2) is 69.3 Å². The fourth-order valence-electron chi connectivity index (χ4n) is 3.87. The number of carbonyl (C=O) groups excluding carboxylic acids is 1. The highest BCUT2D eigenvalue weighted by molar-refractivity contribution is 7.91. The van der Waals surface area contributed by atoms with E-state index in [1.807, 2.05) is 6.07 Å². The Bertz CT molecular complexity index is 1050. The van der Waals surface area contributed by atoms with Gasteiger partial charge in [-0.25, -0.2) is 13.1 Å². The molecular weight excluding hydrogens is 446 g/mol. The van der Waals surface area contributed by atoms with Crippen molar-refractivity contribution in [2.75, 3.05) is 50.9 Å². The van der Waals surface area contributed by atoms with Crippen LogP contribution in [0.5, 0.6) is 0 Å². The zero-order chi connectivity index (χ0) is 23.1. The molecule has 9 heteroatoms. The molecule has 1 aliphatic heterocycles. The van der Waals surface area contributed by atoms with Crippen molar-refractivity contribution >= 4 is 32.3 Å². The van der Waals surface area contributed by atoms with Crippen LogP contribution in [0.3, 0.4) is 0 Å². The fourth-order valence-corrected chi connectivity index (χ4v) is 5.99. The Morgan fingerprint density at radius 2 is 1.72 bits per heavy atom. The molecule has 7 nitrogen and oxygen atoms in total. The first kappa shape index (κ1) is 24.6. The summed E-state index contributed by atoms with van der Waals surface area (Å²) in [6.07, 6.45) is 3.44. The molecule has 0 bridgehead atoms. The Morgan fingerprint density at radius 3 is 2.34 bits per heavy atom. The highest BCUT2D eigenvalue weighted by Crippen LogP contribution is 2.22. The number of piperazine rings is 1. The average molecular weight is 478 g/mol. The number of hydrogen-bond donors (Lipinski definition) is 1. The van der Waals surface area contributed by atoms with Gasteiger partial charge in [-0.3, -0.25) is 13.9 Å². The number of para-hydroxylation sites is 1. The summed E-state index contributed by atoms with van der Waals surface area (Å²) in [4.78, 5) is 17.6. The SMILES string of the molecule is CNS(=O)(=O)c1cc(C(=O)CCCCN2CCN(c3ccccc3)CC2)ccc1S(C)=O. The standard InChI is InChI=1S/C23H31N3O4S2/c1-24-32(29,30)23-18-19(11-12-22(23)31(2)28)21(27)10-6-7-13-25-14-16-26(17-15-25)20-8-4-3-5-9-20/h3-5,8-9,11-12,18,24H,6-7,10,13-17H2,1-2H3. The van der Waals surface area contributed by atoms with E-state index in [0.29, 0.717) is 12.0 Å². The smallest absolute Gasteiger partial charge is 0.241 e. The first-order valence-electron chi connectivity index (χ1n) is 10.8. The summed E-state index contributed by atoms with van der Waals surface area (Å²) in [5, 5.41) is 0. The number of anilines is 1. The first-order valence-corrected chi connectivity index (χ1v) is 13.8. The van der Waals surface area contributed by atoms with Gasteiger partial charge in [0.1, 0.15) is 0 Å². The van der Waals surface area contributed by atoms with Crippen molar-refractivity contribution in [3.05, 3.63) is 54.1 Å². The third-order valence-electron chi connectivity index (χ3n) is 5.76. The van der Waals surface area contributed by atoms with Crippen molar-refractivity contribution < 1.29 is 17.4 Å². The minimum atomic E-state index is -3.80. The Labute approximate surface area is 193 Å². The van der Waals surface area contributed by atoms with Gasteiger partial charge in [-0.15, -0.1) is 0 Å². The lowest BCUT2D eigenvalue weighted by Gasteiger charge is -2.36. The molecule has 0 radical (unpaired) electrons. The van der Waals surface area contributed by atoms with Crippen LogP contribution in [-0.2, 0) is 20.8 Å². The van der Waals surface area contributed by atoms with Crippen molar-refractivity contribution in [1.82, 2.24) is 9.62 Å². The molecule has 1 unspecified atom stereocenters. The molecule has 0 spiro atoms. The second kappa shape index (κ2) is 11.2. The normalized spacial score (nSPS) is 16.1. The van der Waals surface area contributed by atoms with Crippen LogP contribution < -0.4 is 9.62 Å². The molecule has 0 aromatic heterocycles. The maximum atomic E-state index is 12.6. The van der Waals surface area contributed by atoms with Crippen molar-refractivity contribution in [1.29, 1.82) is 0 Å². The van der Waals surface area contributed by atoms with Gasteiger partial charge < -0.3 is 4.90 Å². The molecule has 0 aliphatic carbocycles. The molecule has 1 heterocycles. The number of ketones is 1. The van der Waals surface area contributed by atoms with Crippen LogP contribution in [0.25, 0.3) is 0 Å². The highest BCUT2D eigenvalue weighted by atomic mass is 32.2. The van der Waals surface area contributed by atoms with Crippen molar-refractivity contribution in [2.24, 2.45) is 0 Å². The fraction of sp³-hybridized carbons (Fsp3) is 0.435. The highest BCUT2D eigenvalue weighted by Gasteiger charge is 2.21. The molecular formula is C23H31N3O4S2. The summed E-state index contributed by atoms with van der Waals surface area (Å²) in [6.45, 7) is 4.95. The van der Waals surface area contributed by atoms with Gasteiger partial charge in [-0.05, 0) is 50.7 Å². The van der Waals surface area contributed by atoms with E-state index in [0.717, 1.165) is 45.6 Å². The average Bonchev–Trinajstić information content (AvgIpc) is 2.82. The predicted octanol–water partition coefficient (Wildman–Crippen LogP) is 2.51. The molecule has 1 fully saturated rings. The van der Waals surface area contributed by atoms with E-state index >= 15 is 0 Å². The second-order valence-electron chi connectivity index (χ2n) is 7.87. The number of nitrogens with zero attached hydrogens (tertiary/aromatic N) is 2. The van der Waals surface area contributed by atoms with Gasteiger partial charge in [0, 0.05) is 50.1 Å². The maximum Gasteiger partial charge on any atom is 0.241 e. The monoisotopic (exact) mass is 477 g/mol. The molecule has 1 aliphatic rings. The summed E-state index contributed by atoms with van der Waals surface area (Å²) in [5.74, 6) is -0.0973. The topological polar surface area (TPSA) is 86.8 Å². The third kappa shape index (κ3) is 6.25. The number of Topliss-reactive ketones (excluding diaryl/α,β-unsaturated/α-hetero) is 1. The second-order valence-corrected chi connectivity index (χ2v) is 11.1. The van der Waals surface area contributed by atoms with Gasteiger partial charge in [0.2, 0.25) is 10.0 Å².